The molecule has 2 aromatic heterocycles. The van der Waals surface area contributed by atoms with E-state index in [-0.39, 0.29) is 35.7 Å². The van der Waals surface area contributed by atoms with Crippen LogP contribution < -0.4 is 9.47 Å². The molecule has 1 fully saturated rings. The molecule has 0 saturated heterocycles. The lowest BCUT2D eigenvalue weighted by Gasteiger charge is -2.26. The number of phenols is 2. The maximum absolute atomic E-state index is 14.3. The molecule has 1 aliphatic carbocycles. The molecule has 280 valence electrons. The van der Waals surface area contributed by atoms with Gasteiger partial charge in [-0.2, -0.15) is 0 Å². The summed E-state index contributed by atoms with van der Waals surface area (Å²) in [5.41, 5.74) is 5.88. The Kier molecular flexibility index (Phi) is 11.7. The van der Waals surface area contributed by atoms with E-state index in [0.717, 1.165) is 69.8 Å². The molecule has 1 aliphatic rings. The fourth-order valence-electron chi connectivity index (χ4n) is 8.18. The predicted octanol–water partition coefficient (Wildman–Crippen LogP) is 8.65. The molecule has 2 heterocycles. The van der Waals surface area contributed by atoms with Gasteiger partial charge in [-0.1, -0.05) is 54.6 Å². The van der Waals surface area contributed by atoms with E-state index in [1.54, 1.807) is 19.2 Å². The van der Waals surface area contributed by atoms with Crippen LogP contribution in [0.25, 0.3) is 10.8 Å². The van der Waals surface area contributed by atoms with Crippen LogP contribution in [0.2, 0.25) is 0 Å². The van der Waals surface area contributed by atoms with Gasteiger partial charge in [0.25, 0.3) is 0 Å². The van der Waals surface area contributed by atoms with Crippen molar-refractivity contribution in [3.63, 3.8) is 0 Å². The number of aromatic hydroxyl groups is 2. The Morgan fingerprint density at radius 3 is 2.22 bits per heavy atom. The molecule has 0 spiro atoms. The first kappa shape index (κ1) is 36.9. The Hall–Kier alpha value is -5.47. The largest absolute Gasteiger partial charge is 0.504 e. The quantitative estimate of drug-likeness (QED) is 0.0641. The number of phenolic OH excluding ortho intramolecular Hbond substituents is 2. The van der Waals surface area contributed by atoms with Gasteiger partial charge in [0, 0.05) is 49.1 Å². The third-order valence-electron chi connectivity index (χ3n) is 11.1. The van der Waals surface area contributed by atoms with E-state index >= 15 is 0 Å². The fraction of sp³-hybridized carbons (Fsp3) is 0.326. The number of Topliss-reactive ketones (excluding diaryl/α,β-unsaturated/α-hetero) is 1. The van der Waals surface area contributed by atoms with Crippen molar-refractivity contribution in [2.24, 2.45) is 11.8 Å². The smallest absolute Gasteiger partial charge is 0.164 e. The minimum Gasteiger partial charge on any atom is -0.504 e. The first-order valence-electron chi connectivity index (χ1n) is 19.1. The molecule has 54 heavy (non-hydrogen) atoms. The molecule has 0 radical (unpaired) electrons. The normalized spacial score (nSPS) is 14.9. The number of rotatable bonds is 17. The number of carbonyl (C=O) groups excluding carboxylic acids is 1. The van der Waals surface area contributed by atoms with Crippen molar-refractivity contribution in [3.8, 4) is 23.0 Å². The van der Waals surface area contributed by atoms with Crippen molar-refractivity contribution in [3.05, 3.63) is 143 Å². The summed E-state index contributed by atoms with van der Waals surface area (Å²) in [5.74, 6) is 0.320. The average molecular weight is 727 g/mol. The second kappa shape index (κ2) is 17.1. The molecule has 0 unspecified atom stereocenters. The number of H-pyrrole nitrogens is 2. The van der Waals surface area contributed by atoms with Crippen molar-refractivity contribution >= 4 is 16.6 Å². The number of hydrogen-bond acceptors (Lipinski definition) is 6. The second-order valence-corrected chi connectivity index (χ2v) is 14.8. The van der Waals surface area contributed by atoms with E-state index in [2.05, 4.69) is 34.2 Å². The number of nitrogens with one attached hydrogen (secondary N) is 2. The third kappa shape index (κ3) is 8.83. The highest BCUT2D eigenvalue weighted by molar-refractivity contribution is 5.86. The number of hydrogen-bond donors (Lipinski definition) is 5. The molecule has 3 atom stereocenters. The minimum atomic E-state index is -0.938. The van der Waals surface area contributed by atoms with E-state index < -0.39 is 12.0 Å². The second-order valence-electron chi connectivity index (χ2n) is 14.8. The van der Waals surface area contributed by atoms with Crippen LogP contribution in [0.5, 0.6) is 23.0 Å². The van der Waals surface area contributed by atoms with Crippen LogP contribution >= 0.6 is 0 Å². The fourth-order valence-corrected chi connectivity index (χ4v) is 8.18. The Balaban J connectivity index is 1.15. The number of aromatic amines is 2. The summed E-state index contributed by atoms with van der Waals surface area (Å²) in [4.78, 5) is 20.6. The maximum Gasteiger partial charge on any atom is 0.164 e. The number of aliphatic hydroxyl groups excluding tert-OH is 1. The molecule has 7 rings (SSSR count). The van der Waals surface area contributed by atoms with Gasteiger partial charge in [-0.15, -0.1) is 0 Å². The van der Waals surface area contributed by atoms with E-state index in [0.29, 0.717) is 43.6 Å². The van der Waals surface area contributed by atoms with Crippen LogP contribution in [0.15, 0.2) is 110 Å². The number of fused-ring (bicyclic) bond motifs is 1. The van der Waals surface area contributed by atoms with E-state index in [1.165, 1.54) is 0 Å². The molecular weight excluding hydrogens is 677 g/mol. The SMILES string of the molecule is COc1c(O)ccc(C[C@H](Cc2cc[nH]c2)[C@H](O)CC(=O)[C@H](Cc2cc[nH]c2)Cc2ccc(O)c(OC3CCCC3)c2)c1Cc1cccc2ccccc12. The van der Waals surface area contributed by atoms with Crippen molar-refractivity contribution in [1.82, 2.24) is 9.97 Å². The predicted molar refractivity (Wildman–Crippen MR) is 211 cm³/mol. The van der Waals surface area contributed by atoms with Crippen molar-refractivity contribution in [1.29, 1.82) is 0 Å². The van der Waals surface area contributed by atoms with Gasteiger partial charge in [0.2, 0.25) is 0 Å². The summed E-state index contributed by atoms with van der Waals surface area (Å²) in [7, 11) is 1.57. The first-order valence-corrected chi connectivity index (χ1v) is 19.1. The molecular formula is C46H50N2O6. The van der Waals surface area contributed by atoms with Gasteiger partial charge in [0.15, 0.2) is 23.0 Å². The lowest BCUT2D eigenvalue weighted by molar-refractivity contribution is -0.125. The standard InChI is InChI=1S/C46H50N2O6/c1-53-46-40(26-34-9-6-8-33-7-2-5-12-39(33)34)35(14-16-42(46)50)25-37(23-32-18-20-48-29-32)44(52)27-43(51)36(22-31-17-19-47-28-31)21-30-13-15-41(49)45(24-30)54-38-10-3-4-11-38/h2,5-9,12-20,24,28-29,36-38,44,47-50,52H,3-4,10-11,21-23,25-27H2,1H3/t36-,37-,44+/m0/s1. The monoisotopic (exact) mass is 726 g/mol. The number of ketones is 1. The van der Waals surface area contributed by atoms with Crippen LogP contribution in [0.3, 0.4) is 0 Å². The van der Waals surface area contributed by atoms with Crippen LogP contribution in [-0.2, 0) is 36.9 Å². The highest BCUT2D eigenvalue weighted by atomic mass is 16.5. The Morgan fingerprint density at radius 2 is 1.48 bits per heavy atom. The third-order valence-corrected chi connectivity index (χ3v) is 11.1. The van der Waals surface area contributed by atoms with Crippen molar-refractivity contribution in [2.75, 3.05) is 7.11 Å². The van der Waals surface area contributed by atoms with Crippen LogP contribution in [0, 0.1) is 11.8 Å². The zero-order chi connectivity index (χ0) is 37.4. The molecule has 0 amide bonds. The molecule has 8 nitrogen and oxygen atoms in total. The number of carbonyl (C=O) groups is 1. The highest BCUT2D eigenvalue weighted by Crippen LogP contribution is 2.38. The van der Waals surface area contributed by atoms with Crippen molar-refractivity contribution in [2.45, 2.75) is 76.4 Å². The van der Waals surface area contributed by atoms with Gasteiger partial charge in [-0.3, -0.25) is 4.79 Å². The van der Waals surface area contributed by atoms with E-state index in [1.807, 2.05) is 73.3 Å². The van der Waals surface area contributed by atoms with Gasteiger partial charge >= 0.3 is 0 Å². The van der Waals surface area contributed by atoms with Crippen LogP contribution in [0.4, 0.5) is 0 Å². The summed E-state index contributed by atoms with van der Waals surface area (Å²) >= 11 is 0. The Labute approximate surface area is 316 Å². The van der Waals surface area contributed by atoms with Crippen LogP contribution in [-0.4, -0.2) is 50.4 Å². The molecule has 5 N–H and O–H groups in total. The zero-order valence-electron chi connectivity index (χ0n) is 30.8. The summed E-state index contributed by atoms with van der Waals surface area (Å²) < 4.78 is 12.0. The van der Waals surface area contributed by atoms with Crippen LogP contribution in [0.1, 0.15) is 65.5 Å². The molecule has 4 aromatic carbocycles. The number of ether oxygens (including phenoxy) is 2. The number of aromatic nitrogens is 2. The summed E-state index contributed by atoms with van der Waals surface area (Å²) in [5, 5.41) is 35.8. The number of aliphatic hydroxyl groups is 1. The highest BCUT2D eigenvalue weighted by Gasteiger charge is 2.29. The molecule has 0 bridgehead atoms. The van der Waals surface area contributed by atoms with E-state index in [4.69, 9.17) is 9.47 Å². The van der Waals surface area contributed by atoms with Gasteiger partial charge in [-0.05, 0) is 126 Å². The topological polar surface area (TPSA) is 128 Å². The number of methoxy groups -OCH3 is 1. The Morgan fingerprint density at radius 1 is 0.778 bits per heavy atom. The lowest BCUT2D eigenvalue weighted by atomic mass is 9.81. The molecule has 6 aromatic rings. The average Bonchev–Trinajstić information content (AvgIpc) is 3.99. The van der Waals surface area contributed by atoms with Gasteiger partial charge in [0.1, 0.15) is 5.78 Å². The molecule has 0 aliphatic heterocycles. The molecule has 8 heteroatoms. The summed E-state index contributed by atoms with van der Waals surface area (Å²) in [6.45, 7) is 0. The summed E-state index contributed by atoms with van der Waals surface area (Å²) in [6.07, 6.45) is 13.4. The van der Waals surface area contributed by atoms with Gasteiger partial charge in [-0.25, -0.2) is 0 Å². The zero-order valence-corrected chi connectivity index (χ0v) is 30.8. The first-order chi connectivity index (χ1) is 26.3. The Bertz CT molecular complexity index is 2130. The van der Waals surface area contributed by atoms with Gasteiger partial charge < -0.3 is 34.8 Å². The number of benzene rings is 4. The summed E-state index contributed by atoms with van der Waals surface area (Å²) in [6, 6.07) is 27.4. The van der Waals surface area contributed by atoms with Crippen molar-refractivity contribution < 1.29 is 29.6 Å². The van der Waals surface area contributed by atoms with Gasteiger partial charge in [0.05, 0.1) is 19.3 Å². The van der Waals surface area contributed by atoms with E-state index in [9.17, 15) is 20.1 Å². The lowest BCUT2D eigenvalue weighted by Crippen LogP contribution is -2.31. The minimum absolute atomic E-state index is 0.0123. The molecule has 1 saturated carbocycles. The maximum atomic E-state index is 14.3.